The molecule has 0 aliphatic heterocycles. The average molecular weight is 341 g/mol. The van der Waals surface area contributed by atoms with Crippen molar-refractivity contribution >= 4 is 34.8 Å². The minimum absolute atomic E-state index is 0.156. The number of hydrogen-bond acceptors (Lipinski definition) is 3. The van der Waals surface area contributed by atoms with Gasteiger partial charge in [0.1, 0.15) is 0 Å². The maximum absolute atomic E-state index is 12.1. The first-order valence-electron chi connectivity index (χ1n) is 6.85. The van der Waals surface area contributed by atoms with Gasteiger partial charge in [0.05, 0.1) is 24.8 Å². The highest BCUT2D eigenvalue weighted by molar-refractivity contribution is 6.33. The van der Waals surface area contributed by atoms with Crippen molar-refractivity contribution in [3.63, 3.8) is 0 Å². The summed E-state index contributed by atoms with van der Waals surface area (Å²) < 4.78 is 1.79. The normalized spacial score (nSPS) is 11.0. The summed E-state index contributed by atoms with van der Waals surface area (Å²) in [6.45, 7) is 1.65. The Bertz CT molecular complexity index is 655. The summed E-state index contributed by atoms with van der Waals surface area (Å²) in [7, 11) is 4.00. The van der Waals surface area contributed by atoms with Crippen LogP contribution in [0.2, 0.25) is 10.0 Å². The third kappa shape index (κ3) is 5.02. The lowest BCUT2D eigenvalue weighted by molar-refractivity contribution is -0.115. The zero-order valence-electron chi connectivity index (χ0n) is 12.5. The van der Waals surface area contributed by atoms with E-state index in [0.717, 1.165) is 13.1 Å². The molecule has 1 N–H and O–H groups in total. The van der Waals surface area contributed by atoms with Crippen molar-refractivity contribution in [2.24, 2.45) is 0 Å². The fourth-order valence-corrected chi connectivity index (χ4v) is 2.29. The smallest absolute Gasteiger partial charge is 0.228 e. The maximum atomic E-state index is 12.1. The van der Waals surface area contributed by atoms with Crippen molar-refractivity contribution in [3.8, 4) is 0 Å². The summed E-state index contributed by atoms with van der Waals surface area (Å²) in [4.78, 5) is 14.1. The molecule has 118 valence electrons. The van der Waals surface area contributed by atoms with Gasteiger partial charge in [0.25, 0.3) is 0 Å². The molecule has 0 spiro atoms. The molecule has 0 saturated heterocycles. The van der Waals surface area contributed by atoms with E-state index in [9.17, 15) is 4.79 Å². The molecule has 22 heavy (non-hydrogen) atoms. The fraction of sp³-hybridized carbons (Fsp3) is 0.333. The van der Waals surface area contributed by atoms with Gasteiger partial charge in [0.2, 0.25) is 5.91 Å². The van der Waals surface area contributed by atoms with E-state index in [1.807, 2.05) is 14.1 Å². The molecule has 1 heterocycles. The van der Waals surface area contributed by atoms with Crippen molar-refractivity contribution < 1.29 is 4.79 Å². The Balaban J connectivity index is 1.93. The Morgan fingerprint density at radius 3 is 2.86 bits per heavy atom. The molecule has 7 heteroatoms. The van der Waals surface area contributed by atoms with Gasteiger partial charge in [-0.05, 0) is 37.9 Å². The number of nitrogens with one attached hydrogen (secondary N) is 1. The highest BCUT2D eigenvalue weighted by Crippen LogP contribution is 2.21. The summed E-state index contributed by atoms with van der Waals surface area (Å²) >= 11 is 12.0. The average Bonchev–Trinajstić information content (AvgIpc) is 2.88. The minimum atomic E-state index is -0.156. The number of benzene rings is 1. The molecule has 2 rings (SSSR count). The molecule has 0 aliphatic rings. The zero-order chi connectivity index (χ0) is 16.1. The molecule has 5 nitrogen and oxygen atoms in total. The monoisotopic (exact) mass is 340 g/mol. The lowest BCUT2D eigenvalue weighted by Gasteiger charge is -2.08. The van der Waals surface area contributed by atoms with Gasteiger partial charge in [0, 0.05) is 22.8 Å². The maximum Gasteiger partial charge on any atom is 0.228 e. The number of rotatable bonds is 6. The molecule has 0 fully saturated rings. The number of anilines is 1. The van der Waals surface area contributed by atoms with Crippen molar-refractivity contribution in [1.82, 2.24) is 14.7 Å². The summed E-state index contributed by atoms with van der Waals surface area (Å²) in [5.41, 5.74) is 1.37. The van der Waals surface area contributed by atoms with Crippen molar-refractivity contribution in [3.05, 3.63) is 46.2 Å². The van der Waals surface area contributed by atoms with E-state index in [1.165, 1.54) is 0 Å². The molecule has 0 saturated carbocycles. The summed E-state index contributed by atoms with van der Waals surface area (Å²) in [5.74, 6) is -0.156. The van der Waals surface area contributed by atoms with Crippen LogP contribution in [0.15, 0.2) is 30.6 Å². The molecule has 0 aliphatic carbocycles. The number of carbonyl (C=O) groups is 1. The van der Waals surface area contributed by atoms with Crippen molar-refractivity contribution in [2.75, 3.05) is 26.0 Å². The lowest BCUT2D eigenvalue weighted by atomic mass is 10.1. The third-order valence-electron chi connectivity index (χ3n) is 3.05. The van der Waals surface area contributed by atoms with Crippen LogP contribution in [0.3, 0.4) is 0 Å². The molecule has 2 aromatic rings. The van der Waals surface area contributed by atoms with Crippen molar-refractivity contribution in [1.29, 1.82) is 0 Å². The highest BCUT2D eigenvalue weighted by Gasteiger charge is 2.09. The second-order valence-electron chi connectivity index (χ2n) is 5.26. The summed E-state index contributed by atoms with van der Waals surface area (Å²) in [5, 5.41) is 8.10. The van der Waals surface area contributed by atoms with Gasteiger partial charge in [-0.25, -0.2) is 0 Å². The molecule has 1 aromatic carbocycles. The molecule has 1 amide bonds. The van der Waals surface area contributed by atoms with Gasteiger partial charge in [-0.15, -0.1) is 0 Å². The van der Waals surface area contributed by atoms with E-state index in [-0.39, 0.29) is 12.3 Å². The molecular formula is C15H18Cl2N4O. The van der Waals surface area contributed by atoms with Crippen LogP contribution in [-0.2, 0) is 17.8 Å². The van der Waals surface area contributed by atoms with Crippen molar-refractivity contribution in [2.45, 2.75) is 13.0 Å². The van der Waals surface area contributed by atoms with Crippen LogP contribution in [0.1, 0.15) is 5.56 Å². The number of aromatic nitrogens is 2. The zero-order valence-corrected chi connectivity index (χ0v) is 14.0. The second-order valence-corrected chi connectivity index (χ2v) is 6.10. The van der Waals surface area contributed by atoms with E-state index in [4.69, 9.17) is 23.2 Å². The Kier molecular flexibility index (Phi) is 5.83. The van der Waals surface area contributed by atoms with Crippen LogP contribution >= 0.6 is 23.2 Å². The highest BCUT2D eigenvalue weighted by atomic mass is 35.5. The Morgan fingerprint density at radius 2 is 2.14 bits per heavy atom. The quantitative estimate of drug-likeness (QED) is 0.879. The van der Waals surface area contributed by atoms with E-state index in [2.05, 4.69) is 15.3 Å². The van der Waals surface area contributed by atoms with E-state index >= 15 is 0 Å². The van der Waals surface area contributed by atoms with Gasteiger partial charge < -0.3 is 10.2 Å². The number of hydrogen-bond donors (Lipinski definition) is 1. The predicted octanol–water partition coefficient (Wildman–Crippen LogP) is 2.93. The van der Waals surface area contributed by atoms with Crippen LogP contribution in [0.5, 0.6) is 0 Å². The molecule has 0 atom stereocenters. The van der Waals surface area contributed by atoms with Crippen LogP contribution in [0.4, 0.5) is 5.69 Å². The van der Waals surface area contributed by atoms with E-state index < -0.39 is 0 Å². The van der Waals surface area contributed by atoms with Crippen LogP contribution < -0.4 is 5.32 Å². The molecule has 0 radical (unpaired) electrons. The standard InChI is InChI=1S/C15H18Cl2N4O/c1-20(2)5-6-21-10-13(9-18-21)19-15(22)8-11-7-12(16)3-4-14(11)17/h3-4,7,9-10H,5-6,8H2,1-2H3,(H,19,22). The minimum Gasteiger partial charge on any atom is -0.323 e. The Hall–Kier alpha value is -1.56. The topological polar surface area (TPSA) is 50.2 Å². The molecule has 1 aromatic heterocycles. The van der Waals surface area contributed by atoms with Crippen LogP contribution in [-0.4, -0.2) is 41.2 Å². The molecular weight excluding hydrogens is 323 g/mol. The first-order valence-corrected chi connectivity index (χ1v) is 7.60. The second kappa shape index (κ2) is 7.63. The predicted molar refractivity (Wildman–Crippen MR) is 89.6 cm³/mol. The van der Waals surface area contributed by atoms with E-state index in [0.29, 0.717) is 21.3 Å². The number of carbonyl (C=O) groups excluding carboxylic acids is 1. The van der Waals surface area contributed by atoms with Gasteiger partial charge in [-0.3, -0.25) is 9.48 Å². The molecule has 0 unspecified atom stereocenters. The largest absolute Gasteiger partial charge is 0.323 e. The van der Waals surface area contributed by atoms with Crippen LogP contribution in [0, 0.1) is 0 Å². The van der Waals surface area contributed by atoms with E-state index in [1.54, 1.807) is 35.3 Å². The van der Waals surface area contributed by atoms with Gasteiger partial charge in [-0.2, -0.15) is 5.10 Å². The molecule has 0 bridgehead atoms. The number of halogens is 2. The lowest BCUT2D eigenvalue weighted by Crippen LogP contribution is -2.18. The number of nitrogens with zero attached hydrogens (tertiary/aromatic N) is 3. The van der Waals surface area contributed by atoms with Gasteiger partial charge in [-0.1, -0.05) is 23.2 Å². The number of amides is 1. The van der Waals surface area contributed by atoms with Gasteiger partial charge >= 0.3 is 0 Å². The SMILES string of the molecule is CN(C)CCn1cc(NC(=O)Cc2cc(Cl)ccc2Cl)cn1. The summed E-state index contributed by atoms with van der Waals surface area (Å²) in [6, 6.07) is 5.08. The Morgan fingerprint density at radius 1 is 1.36 bits per heavy atom. The Labute approximate surface area is 139 Å². The first kappa shape index (κ1) is 16.8. The fourth-order valence-electron chi connectivity index (χ4n) is 1.91. The summed E-state index contributed by atoms with van der Waals surface area (Å²) in [6.07, 6.45) is 3.61. The number of likely N-dealkylation sites (N-methyl/N-ethyl adjacent to an activating group) is 1. The first-order chi connectivity index (χ1) is 10.4. The van der Waals surface area contributed by atoms with Crippen LogP contribution in [0.25, 0.3) is 0 Å². The van der Waals surface area contributed by atoms with Gasteiger partial charge in [0.15, 0.2) is 0 Å². The third-order valence-corrected chi connectivity index (χ3v) is 3.66.